The van der Waals surface area contributed by atoms with Crippen molar-refractivity contribution in [1.29, 1.82) is 0 Å². The zero-order valence-corrected chi connectivity index (χ0v) is 15.5. The monoisotopic (exact) mass is 358 g/mol. The fourth-order valence-electron chi connectivity index (χ4n) is 3.61. The van der Waals surface area contributed by atoms with Crippen LogP contribution in [0.15, 0.2) is 66.7 Å². The molecule has 0 aliphatic carbocycles. The second-order valence-electron chi connectivity index (χ2n) is 6.38. The summed E-state index contributed by atoms with van der Waals surface area (Å²) in [6, 6.07) is 21.7. The Bertz CT molecular complexity index is 1130. The molecular formula is C23H22N2O2. The van der Waals surface area contributed by atoms with Gasteiger partial charge in [0, 0.05) is 34.0 Å². The third kappa shape index (κ3) is 3.04. The van der Waals surface area contributed by atoms with E-state index in [-0.39, 0.29) is 5.91 Å². The van der Waals surface area contributed by atoms with E-state index in [9.17, 15) is 4.79 Å². The van der Waals surface area contributed by atoms with Crippen LogP contribution in [-0.4, -0.2) is 17.1 Å². The molecule has 0 atom stereocenters. The first-order valence-corrected chi connectivity index (χ1v) is 9.27. The molecule has 1 N–H and O–H groups in total. The molecule has 27 heavy (non-hydrogen) atoms. The number of hydrogen-bond acceptors (Lipinski definition) is 2. The molecule has 0 saturated carbocycles. The molecule has 0 fully saturated rings. The van der Waals surface area contributed by atoms with Crippen molar-refractivity contribution in [2.45, 2.75) is 20.4 Å². The number of nitrogens with zero attached hydrogens (tertiary/aromatic N) is 1. The maximum atomic E-state index is 12.8. The Morgan fingerprint density at radius 3 is 2.48 bits per heavy atom. The molecule has 0 aliphatic heterocycles. The molecule has 1 amide bonds. The largest absolute Gasteiger partial charge is 0.493 e. The Labute approximate surface area is 158 Å². The molecule has 4 nitrogen and oxygen atoms in total. The summed E-state index contributed by atoms with van der Waals surface area (Å²) in [5, 5.41) is 5.35. The van der Waals surface area contributed by atoms with Gasteiger partial charge in [-0.1, -0.05) is 30.3 Å². The minimum absolute atomic E-state index is 0.169. The number of aromatic nitrogens is 1. The van der Waals surface area contributed by atoms with E-state index in [2.05, 4.69) is 41.1 Å². The lowest BCUT2D eigenvalue weighted by Crippen LogP contribution is -2.13. The number of hydrogen-bond donors (Lipinski definition) is 1. The molecular weight excluding hydrogens is 336 g/mol. The lowest BCUT2D eigenvalue weighted by atomic mass is 10.1. The first kappa shape index (κ1) is 17.2. The lowest BCUT2D eigenvalue weighted by Gasteiger charge is -2.11. The van der Waals surface area contributed by atoms with Gasteiger partial charge in [-0.25, -0.2) is 0 Å². The molecule has 0 unspecified atom stereocenters. The predicted octanol–water partition coefficient (Wildman–Crippen LogP) is 5.47. The molecule has 4 aromatic rings. The van der Waals surface area contributed by atoms with Gasteiger partial charge in [-0.2, -0.15) is 0 Å². The normalized spacial score (nSPS) is 11.0. The summed E-state index contributed by atoms with van der Waals surface area (Å²) in [6.07, 6.45) is 0. The standard InChI is InChI=1S/C23H22N2O2/c1-3-25-20-11-7-5-9-17(20)19-15-16(13-14-21(19)25)24-23(26)18-10-6-8-12-22(18)27-4-2/h5-15H,3-4H2,1-2H3,(H,24,26). The zero-order chi connectivity index (χ0) is 18.8. The molecule has 1 heterocycles. The molecule has 4 rings (SSSR count). The van der Waals surface area contributed by atoms with Gasteiger partial charge in [0.2, 0.25) is 0 Å². The summed E-state index contributed by atoms with van der Waals surface area (Å²) in [4.78, 5) is 12.8. The van der Waals surface area contributed by atoms with Crippen molar-refractivity contribution in [2.75, 3.05) is 11.9 Å². The number of nitrogens with one attached hydrogen (secondary N) is 1. The average Bonchev–Trinajstić information content (AvgIpc) is 3.02. The zero-order valence-electron chi connectivity index (χ0n) is 15.5. The molecule has 0 radical (unpaired) electrons. The molecule has 3 aromatic carbocycles. The highest BCUT2D eigenvalue weighted by Crippen LogP contribution is 2.31. The third-order valence-electron chi connectivity index (χ3n) is 4.78. The third-order valence-corrected chi connectivity index (χ3v) is 4.78. The van der Waals surface area contributed by atoms with Crippen molar-refractivity contribution in [3.63, 3.8) is 0 Å². The highest BCUT2D eigenvalue weighted by atomic mass is 16.5. The summed E-state index contributed by atoms with van der Waals surface area (Å²) < 4.78 is 7.87. The van der Waals surface area contributed by atoms with Gasteiger partial charge in [0.05, 0.1) is 12.2 Å². The Morgan fingerprint density at radius 2 is 1.67 bits per heavy atom. The van der Waals surface area contributed by atoms with Crippen LogP contribution in [0.25, 0.3) is 21.8 Å². The van der Waals surface area contributed by atoms with E-state index in [1.54, 1.807) is 6.07 Å². The van der Waals surface area contributed by atoms with Crippen molar-refractivity contribution < 1.29 is 9.53 Å². The van der Waals surface area contributed by atoms with Crippen LogP contribution in [0.3, 0.4) is 0 Å². The molecule has 1 aromatic heterocycles. The van der Waals surface area contributed by atoms with Crippen LogP contribution in [0.2, 0.25) is 0 Å². The number of carbonyl (C=O) groups excluding carboxylic acids is 1. The molecule has 0 aliphatic rings. The smallest absolute Gasteiger partial charge is 0.259 e. The molecule has 0 saturated heterocycles. The Balaban J connectivity index is 1.73. The van der Waals surface area contributed by atoms with Gasteiger partial charge in [0.15, 0.2) is 0 Å². The van der Waals surface area contributed by atoms with Crippen molar-refractivity contribution in [1.82, 2.24) is 4.57 Å². The summed E-state index contributed by atoms with van der Waals surface area (Å²) >= 11 is 0. The Hall–Kier alpha value is -3.27. The van der Waals surface area contributed by atoms with E-state index in [1.807, 2.05) is 43.3 Å². The number of benzene rings is 3. The van der Waals surface area contributed by atoms with Crippen LogP contribution in [-0.2, 0) is 6.54 Å². The quantitative estimate of drug-likeness (QED) is 0.514. The van der Waals surface area contributed by atoms with Gasteiger partial charge >= 0.3 is 0 Å². The topological polar surface area (TPSA) is 43.3 Å². The van der Waals surface area contributed by atoms with Crippen molar-refractivity contribution in [2.24, 2.45) is 0 Å². The minimum atomic E-state index is -0.169. The van der Waals surface area contributed by atoms with Crippen molar-refractivity contribution in [3.8, 4) is 5.75 Å². The van der Waals surface area contributed by atoms with Crippen molar-refractivity contribution in [3.05, 3.63) is 72.3 Å². The Morgan fingerprint density at radius 1 is 0.926 bits per heavy atom. The average molecular weight is 358 g/mol. The maximum Gasteiger partial charge on any atom is 0.259 e. The number of amides is 1. The summed E-state index contributed by atoms with van der Waals surface area (Å²) in [5.74, 6) is 0.429. The maximum absolute atomic E-state index is 12.8. The SMILES string of the molecule is CCOc1ccccc1C(=O)Nc1ccc2c(c1)c1ccccc1n2CC. The van der Waals surface area contributed by atoms with Crippen LogP contribution >= 0.6 is 0 Å². The number of fused-ring (bicyclic) bond motifs is 3. The second-order valence-corrected chi connectivity index (χ2v) is 6.38. The van der Waals surface area contributed by atoms with Crippen LogP contribution in [0, 0.1) is 0 Å². The van der Waals surface area contributed by atoms with Crippen LogP contribution in [0.4, 0.5) is 5.69 Å². The van der Waals surface area contributed by atoms with E-state index >= 15 is 0 Å². The van der Waals surface area contributed by atoms with Gasteiger partial charge in [-0.3, -0.25) is 4.79 Å². The Kier molecular flexibility index (Phi) is 4.55. The number of aryl methyl sites for hydroxylation is 1. The van der Waals surface area contributed by atoms with Crippen LogP contribution < -0.4 is 10.1 Å². The van der Waals surface area contributed by atoms with Gasteiger partial charge in [-0.15, -0.1) is 0 Å². The fourth-order valence-corrected chi connectivity index (χ4v) is 3.61. The predicted molar refractivity (Wildman–Crippen MR) is 111 cm³/mol. The van der Waals surface area contributed by atoms with Gasteiger partial charge in [-0.05, 0) is 50.2 Å². The molecule has 136 valence electrons. The van der Waals surface area contributed by atoms with Crippen molar-refractivity contribution >= 4 is 33.4 Å². The summed E-state index contributed by atoms with van der Waals surface area (Å²) in [6.45, 7) is 5.47. The van der Waals surface area contributed by atoms with Gasteiger partial charge in [0.1, 0.15) is 5.75 Å². The van der Waals surface area contributed by atoms with E-state index in [1.165, 1.54) is 16.4 Å². The lowest BCUT2D eigenvalue weighted by molar-refractivity contribution is 0.102. The highest BCUT2D eigenvalue weighted by Gasteiger charge is 2.14. The minimum Gasteiger partial charge on any atom is -0.493 e. The summed E-state index contributed by atoms with van der Waals surface area (Å²) in [7, 11) is 0. The number of ether oxygens (including phenoxy) is 1. The number of carbonyl (C=O) groups is 1. The molecule has 4 heteroatoms. The van der Waals surface area contributed by atoms with E-state index < -0.39 is 0 Å². The van der Waals surface area contributed by atoms with Crippen LogP contribution in [0.1, 0.15) is 24.2 Å². The fraction of sp³-hybridized carbons (Fsp3) is 0.174. The number of rotatable bonds is 5. The highest BCUT2D eigenvalue weighted by molar-refractivity contribution is 6.11. The second kappa shape index (κ2) is 7.16. The number of para-hydroxylation sites is 2. The first-order chi connectivity index (χ1) is 13.2. The van der Waals surface area contributed by atoms with E-state index in [0.717, 1.165) is 17.6 Å². The summed E-state index contributed by atoms with van der Waals surface area (Å²) in [5.41, 5.74) is 3.69. The van der Waals surface area contributed by atoms with Gasteiger partial charge in [0.25, 0.3) is 5.91 Å². The van der Waals surface area contributed by atoms with Crippen LogP contribution in [0.5, 0.6) is 5.75 Å². The first-order valence-electron chi connectivity index (χ1n) is 9.27. The van der Waals surface area contributed by atoms with Gasteiger partial charge < -0.3 is 14.6 Å². The molecule has 0 spiro atoms. The van der Waals surface area contributed by atoms with E-state index in [4.69, 9.17) is 4.74 Å². The van der Waals surface area contributed by atoms with E-state index in [0.29, 0.717) is 17.9 Å². The number of anilines is 1. The molecule has 0 bridgehead atoms.